The molecular formula is C14H21N4O4-. The average Bonchev–Trinajstić information content (AvgIpc) is 2.46. The van der Waals surface area contributed by atoms with Gasteiger partial charge in [-0.3, -0.25) is 4.90 Å². The predicted octanol–water partition coefficient (Wildman–Crippen LogP) is 0.840. The van der Waals surface area contributed by atoms with Gasteiger partial charge in [0.15, 0.2) is 0 Å². The summed E-state index contributed by atoms with van der Waals surface area (Å²) in [6.07, 6.45) is 1.31. The number of rotatable bonds is 1. The number of nitrogens with zero attached hydrogens (tertiary/aromatic N) is 3. The van der Waals surface area contributed by atoms with Crippen LogP contribution >= 0.6 is 0 Å². The number of ether oxygens (including phenoxy) is 1. The summed E-state index contributed by atoms with van der Waals surface area (Å²) in [6.45, 7) is 7.96. The van der Waals surface area contributed by atoms with Crippen molar-refractivity contribution < 1.29 is 9.53 Å². The third-order valence-electron chi connectivity index (χ3n) is 3.27. The minimum atomic E-state index is -0.498. The van der Waals surface area contributed by atoms with Crippen molar-refractivity contribution in [3.05, 3.63) is 34.2 Å². The molecule has 0 saturated carbocycles. The maximum atomic E-state index is 12.0. The molecule has 8 nitrogen and oxygen atoms in total. The first kappa shape index (κ1) is 16.0. The minimum absolute atomic E-state index is 0.0452. The van der Waals surface area contributed by atoms with E-state index in [1.807, 2.05) is 20.8 Å². The highest BCUT2D eigenvalue weighted by molar-refractivity contribution is 5.68. The molecule has 1 N–H and O–H groups in total. The monoisotopic (exact) mass is 309 g/mol. The fraction of sp³-hybridized carbons (Fsp3) is 0.571. The predicted molar refractivity (Wildman–Crippen MR) is 82.8 cm³/mol. The lowest BCUT2D eigenvalue weighted by Gasteiger charge is -2.36. The van der Waals surface area contributed by atoms with Crippen LogP contribution in [0.3, 0.4) is 0 Å². The van der Waals surface area contributed by atoms with Crippen LogP contribution in [0.2, 0.25) is 0 Å². The average molecular weight is 309 g/mol. The molecule has 1 aliphatic rings. The van der Waals surface area contributed by atoms with Gasteiger partial charge >= 0.3 is 6.09 Å². The molecule has 0 aliphatic carbocycles. The zero-order valence-electron chi connectivity index (χ0n) is 13.0. The summed E-state index contributed by atoms with van der Waals surface area (Å²) in [5.41, 5.74) is 0.326. The quantitative estimate of drug-likeness (QED) is 0.775. The number of hydrogen-bond acceptors (Lipinski definition) is 5. The Bertz CT molecular complexity index is 573. The lowest BCUT2D eigenvalue weighted by Crippen LogP contribution is -2.50. The van der Waals surface area contributed by atoms with E-state index in [1.54, 1.807) is 17.2 Å². The van der Waals surface area contributed by atoms with E-state index < -0.39 is 10.5 Å². The largest absolute Gasteiger partial charge is 0.712 e. The standard InChI is InChI=1S/C14H21N4O4/c1-14(2,3)22-13(19)17-8-6-16(7-9-17)11-4-5-12(15-10-11)18(20)21/h4-5,10,15H,6-9H2,1-3H3/q-1. The van der Waals surface area contributed by atoms with Gasteiger partial charge < -0.3 is 25.0 Å². The third kappa shape index (κ3) is 4.06. The van der Waals surface area contributed by atoms with Gasteiger partial charge in [0.05, 0.1) is 5.69 Å². The molecule has 0 unspecified atom stereocenters. The lowest BCUT2D eigenvalue weighted by molar-refractivity contribution is 0.0240. The zero-order chi connectivity index (χ0) is 16.3. The van der Waals surface area contributed by atoms with E-state index in [-0.39, 0.29) is 11.6 Å². The Morgan fingerprint density at radius 2 is 1.86 bits per heavy atom. The Kier molecular flexibility index (Phi) is 4.48. The maximum Gasteiger partial charge on any atom is 0.410 e. The van der Waals surface area contributed by atoms with Crippen LogP contribution in [0.4, 0.5) is 10.5 Å². The molecular weight excluding hydrogens is 288 g/mol. The van der Waals surface area contributed by atoms with Crippen molar-refractivity contribution in [1.82, 2.24) is 14.8 Å². The lowest BCUT2D eigenvalue weighted by atomic mass is 10.2. The second kappa shape index (κ2) is 6.17. The van der Waals surface area contributed by atoms with Crippen molar-refractivity contribution in [1.29, 1.82) is 0 Å². The first-order chi connectivity index (χ1) is 10.3. The molecule has 0 radical (unpaired) electrons. The van der Waals surface area contributed by atoms with Crippen LogP contribution in [0.25, 0.3) is 0 Å². The summed E-state index contributed by atoms with van der Waals surface area (Å²) in [5.74, 6) is 0. The number of aromatic amines is 1. The molecule has 122 valence electrons. The van der Waals surface area contributed by atoms with Gasteiger partial charge in [-0.1, -0.05) is 0 Å². The molecule has 1 saturated heterocycles. The molecule has 1 aromatic rings. The van der Waals surface area contributed by atoms with Gasteiger partial charge in [0.2, 0.25) is 0 Å². The SMILES string of the molecule is CC(C)(C)OC(=O)N1CCN(c2ccc(=[N+]([O-])[O-])[nH]c2)CC1. The van der Waals surface area contributed by atoms with Gasteiger partial charge in [-0.25, -0.2) is 9.78 Å². The highest BCUT2D eigenvalue weighted by Gasteiger charge is 2.26. The van der Waals surface area contributed by atoms with Crippen molar-refractivity contribution in [2.24, 2.45) is 0 Å². The Hall–Kier alpha value is -2.38. The molecule has 1 fully saturated rings. The van der Waals surface area contributed by atoms with E-state index in [9.17, 15) is 15.2 Å². The number of anilines is 1. The normalized spacial score (nSPS) is 15.6. The van der Waals surface area contributed by atoms with E-state index >= 15 is 0 Å². The van der Waals surface area contributed by atoms with Crippen LogP contribution in [-0.2, 0) is 4.74 Å². The molecule has 8 heteroatoms. The maximum absolute atomic E-state index is 12.0. The topological polar surface area (TPSA) is 97.7 Å². The Labute approximate surface area is 128 Å². The van der Waals surface area contributed by atoms with Crippen LogP contribution < -0.4 is 15.3 Å². The van der Waals surface area contributed by atoms with Gasteiger partial charge in [-0.15, -0.1) is 0 Å². The number of piperazine rings is 1. The Morgan fingerprint density at radius 3 is 2.32 bits per heavy atom. The second-order valence-corrected chi connectivity index (χ2v) is 6.14. The van der Waals surface area contributed by atoms with E-state index in [2.05, 4.69) is 9.88 Å². The third-order valence-corrected chi connectivity index (χ3v) is 3.27. The Morgan fingerprint density at radius 1 is 1.23 bits per heavy atom. The summed E-state index contributed by atoms with van der Waals surface area (Å²) in [6, 6.07) is 3.15. The number of carbonyl (C=O) groups excluding carboxylic acids is 1. The molecule has 1 aromatic heterocycles. The van der Waals surface area contributed by atoms with Crippen LogP contribution in [0.1, 0.15) is 20.8 Å². The van der Waals surface area contributed by atoms with Crippen LogP contribution in [0.5, 0.6) is 0 Å². The van der Waals surface area contributed by atoms with Crippen molar-refractivity contribution >= 4 is 11.8 Å². The van der Waals surface area contributed by atoms with E-state index in [1.165, 1.54) is 6.07 Å². The van der Waals surface area contributed by atoms with Crippen LogP contribution in [0.15, 0.2) is 18.3 Å². The number of aromatic nitrogens is 1. The van der Waals surface area contributed by atoms with Gasteiger partial charge in [0, 0.05) is 32.2 Å². The fourth-order valence-electron chi connectivity index (χ4n) is 2.19. The fourth-order valence-corrected chi connectivity index (χ4v) is 2.19. The minimum Gasteiger partial charge on any atom is -0.712 e. The molecule has 0 bridgehead atoms. The number of amides is 1. The molecule has 1 aliphatic heterocycles. The number of nitrogens with one attached hydrogen (secondary N) is 1. The van der Waals surface area contributed by atoms with Gasteiger partial charge in [0.1, 0.15) is 11.8 Å². The summed E-state index contributed by atoms with van der Waals surface area (Å²) in [4.78, 5) is 17.9. The van der Waals surface area contributed by atoms with Gasteiger partial charge in [0.25, 0.3) is 5.49 Å². The molecule has 0 spiro atoms. The number of pyridine rings is 1. The molecule has 0 aromatic carbocycles. The summed E-state index contributed by atoms with van der Waals surface area (Å²) < 4.78 is 5.35. The number of hydrogen-bond donors (Lipinski definition) is 1. The van der Waals surface area contributed by atoms with Gasteiger partial charge in [-0.05, 0) is 26.8 Å². The smallest absolute Gasteiger partial charge is 0.410 e. The zero-order valence-corrected chi connectivity index (χ0v) is 13.0. The van der Waals surface area contributed by atoms with Crippen LogP contribution in [0, 0.1) is 10.4 Å². The Balaban J connectivity index is 1.95. The highest BCUT2D eigenvalue weighted by atomic mass is 16.8. The first-order valence-electron chi connectivity index (χ1n) is 7.15. The van der Waals surface area contributed by atoms with E-state index in [0.29, 0.717) is 26.2 Å². The summed E-state index contributed by atoms with van der Waals surface area (Å²) in [5, 5.41) is 21.2. The first-order valence-corrected chi connectivity index (χ1v) is 7.15. The van der Waals surface area contributed by atoms with Crippen molar-refractivity contribution in [3.63, 3.8) is 0 Å². The number of H-pyrrole nitrogens is 1. The second-order valence-electron chi connectivity index (χ2n) is 6.14. The van der Waals surface area contributed by atoms with E-state index in [0.717, 1.165) is 5.69 Å². The van der Waals surface area contributed by atoms with Crippen LogP contribution in [-0.4, -0.2) is 47.8 Å². The summed E-state index contributed by atoms with van der Waals surface area (Å²) in [7, 11) is 0. The van der Waals surface area contributed by atoms with Gasteiger partial charge in [-0.2, -0.15) is 0 Å². The number of carbonyl (C=O) groups is 1. The molecule has 22 heavy (non-hydrogen) atoms. The molecule has 1 amide bonds. The molecule has 2 heterocycles. The van der Waals surface area contributed by atoms with Crippen molar-refractivity contribution in [2.75, 3.05) is 31.1 Å². The van der Waals surface area contributed by atoms with Crippen molar-refractivity contribution in [2.45, 2.75) is 26.4 Å². The molecule has 2 rings (SSSR count). The summed E-state index contributed by atoms with van der Waals surface area (Å²) >= 11 is 0. The highest BCUT2D eigenvalue weighted by Crippen LogP contribution is 2.16. The van der Waals surface area contributed by atoms with E-state index in [4.69, 9.17) is 4.74 Å². The van der Waals surface area contributed by atoms with Crippen molar-refractivity contribution in [3.8, 4) is 0 Å². The molecule has 0 atom stereocenters.